The minimum Gasteiger partial charge on any atom is -0.497 e. The van der Waals surface area contributed by atoms with E-state index < -0.39 is 0 Å². The number of para-hydroxylation sites is 5. The summed E-state index contributed by atoms with van der Waals surface area (Å²) in [6.07, 6.45) is 0. The molecule has 1 aliphatic heterocycles. The number of rotatable bonds is 4. The fourth-order valence-electron chi connectivity index (χ4n) is 5.16. The molecule has 1 aromatic heterocycles. The number of nitrogens with zero attached hydrogens (tertiary/aromatic N) is 2. The molecule has 4 nitrogen and oxygen atoms in total. The molecule has 0 radical (unpaired) electrons. The molecule has 5 heteroatoms. The molecule has 0 spiro atoms. The summed E-state index contributed by atoms with van der Waals surface area (Å²) < 4.78 is 12.7. The molecule has 0 bridgehead atoms. The second-order valence-corrected chi connectivity index (χ2v) is 10.3. The molecule has 0 unspecified atom stereocenters. The van der Waals surface area contributed by atoms with Crippen LogP contribution in [0.25, 0.3) is 33.3 Å². The zero-order valence-corrected chi connectivity index (χ0v) is 22.7. The maximum absolute atomic E-state index is 6.28. The SMILES string of the molecule is COc1ccc(-c2cc(-c3ccc(Br)cc3)nc3c(N4c5ccccc5Oc5ccccc54)cccc23)cc1. The van der Waals surface area contributed by atoms with Crippen molar-refractivity contribution in [3.63, 3.8) is 0 Å². The van der Waals surface area contributed by atoms with Crippen molar-refractivity contribution < 1.29 is 9.47 Å². The second-order valence-electron chi connectivity index (χ2n) is 9.34. The third kappa shape index (κ3) is 4.12. The van der Waals surface area contributed by atoms with E-state index in [-0.39, 0.29) is 0 Å². The van der Waals surface area contributed by atoms with Crippen LogP contribution in [0, 0.1) is 0 Å². The summed E-state index contributed by atoms with van der Waals surface area (Å²) in [5.41, 5.74) is 8.02. The number of halogens is 1. The Morgan fingerprint density at radius 1 is 0.667 bits per heavy atom. The molecule has 2 heterocycles. The van der Waals surface area contributed by atoms with E-state index in [2.05, 4.69) is 93.6 Å². The van der Waals surface area contributed by atoms with Gasteiger partial charge in [-0.15, -0.1) is 0 Å². The van der Waals surface area contributed by atoms with Gasteiger partial charge in [-0.05, 0) is 71.8 Å². The van der Waals surface area contributed by atoms with E-state index in [0.717, 1.165) is 72.1 Å². The minimum absolute atomic E-state index is 0.813. The topological polar surface area (TPSA) is 34.6 Å². The standard InChI is InChI=1S/C34H23BrN2O2/c1-38-25-19-15-22(16-20-25)27-21-28(23-13-17-24(35)18-14-23)36-34-26(27)7-6-10-31(34)37-29-8-2-4-11-32(29)39-33-12-5-3-9-30(33)37/h2-21H,1H3. The Balaban J connectivity index is 1.53. The number of hydrogen-bond acceptors (Lipinski definition) is 4. The van der Waals surface area contributed by atoms with Crippen molar-refractivity contribution in [1.29, 1.82) is 0 Å². The summed E-state index contributed by atoms with van der Waals surface area (Å²) >= 11 is 3.57. The summed E-state index contributed by atoms with van der Waals surface area (Å²) in [6.45, 7) is 0. The molecule has 5 aromatic carbocycles. The van der Waals surface area contributed by atoms with E-state index in [1.807, 2.05) is 48.5 Å². The van der Waals surface area contributed by atoms with Crippen LogP contribution in [0.3, 0.4) is 0 Å². The molecule has 0 atom stereocenters. The lowest BCUT2D eigenvalue weighted by Crippen LogP contribution is -2.16. The minimum atomic E-state index is 0.813. The lowest BCUT2D eigenvalue weighted by atomic mass is 9.97. The molecular formula is C34H23BrN2O2. The van der Waals surface area contributed by atoms with Crippen LogP contribution in [0.1, 0.15) is 0 Å². The monoisotopic (exact) mass is 570 g/mol. The largest absolute Gasteiger partial charge is 0.497 e. The van der Waals surface area contributed by atoms with Crippen LogP contribution in [-0.4, -0.2) is 12.1 Å². The third-order valence-electron chi connectivity index (χ3n) is 7.03. The first-order valence-electron chi connectivity index (χ1n) is 12.7. The van der Waals surface area contributed by atoms with Gasteiger partial charge in [0.2, 0.25) is 0 Å². The summed E-state index contributed by atoms with van der Waals surface area (Å²) in [4.78, 5) is 7.55. The van der Waals surface area contributed by atoms with Crippen molar-refractivity contribution in [1.82, 2.24) is 4.98 Å². The van der Waals surface area contributed by atoms with Gasteiger partial charge >= 0.3 is 0 Å². The maximum Gasteiger partial charge on any atom is 0.151 e. The highest BCUT2D eigenvalue weighted by molar-refractivity contribution is 9.10. The van der Waals surface area contributed by atoms with Crippen LogP contribution >= 0.6 is 15.9 Å². The number of anilines is 3. The predicted octanol–water partition coefficient (Wildman–Crippen LogP) is 9.92. The fourth-order valence-corrected chi connectivity index (χ4v) is 5.42. The molecule has 0 aliphatic carbocycles. The predicted molar refractivity (Wildman–Crippen MR) is 162 cm³/mol. The van der Waals surface area contributed by atoms with Crippen LogP contribution in [0.15, 0.2) is 126 Å². The number of aromatic nitrogens is 1. The van der Waals surface area contributed by atoms with Gasteiger partial charge in [-0.2, -0.15) is 0 Å². The van der Waals surface area contributed by atoms with E-state index in [9.17, 15) is 0 Å². The van der Waals surface area contributed by atoms with Gasteiger partial charge in [0, 0.05) is 15.4 Å². The van der Waals surface area contributed by atoms with E-state index in [0.29, 0.717) is 0 Å². The highest BCUT2D eigenvalue weighted by atomic mass is 79.9. The first-order valence-corrected chi connectivity index (χ1v) is 13.5. The zero-order valence-electron chi connectivity index (χ0n) is 21.1. The van der Waals surface area contributed by atoms with Crippen molar-refractivity contribution in [2.45, 2.75) is 0 Å². The molecule has 0 N–H and O–H groups in total. The Kier molecular flexibility index (Phi) is 5.79. The van der Waals surface area contributed by atoms with Crippen LogP contribution < -0.4 is 14.4 Å². The number of hydrogen-bond donors (Lipinski definition) is 0. The molecular weight excluding hydrogens is 548 g/mol. The number of fused-ring (bicyclic) bond motifs is 3. The molecule has 0 saturated carbocycles. The normalized spacial score (nSPS) is 12.0. The van der Waals surface area contributed by atoms with Gasteiger partial charge in [0.05, 0.1) is 35.4 Å². The molecule has 7 rings (SSSR count). The molecule has 0 amide bonds. The number of methoxy groups -OCH3 is 1. The summed E-state index contributed by atoms with van der Waals surface area (Å²) in [7, 11) is 1.69. The Morgan fingerprint density at radius 2 is 1.28 bits per heavy atom. The number of pyridine rings is 1. The quantitative estimate of drug-likeness (QED) is 0.211. The van der Waals surface area contributed by atoms with Crippen molar-refractivity contribution in [3.05, 3.63) is 126 Å². The summed E-state index contributed by atoms with van der Waals surface area (Å²) in [6, 6.07) is 41.3. The molecule has 0 fully saturated rings. The van der Waals surface area contributed by atoms with Gasteiger partial charge in [-0.1, -0.05) is 76.6 Å². The van der Waals surface area contributed by atoms with Gasteiger partial charge in [0.1, 0.15) is 5.75 Å². The van der Waals surface area contributed by atoms with E-state index in [4.69, 9.17) is 14.5 Å². The van der Waals surface area contributed by atoms with Crippen LogP contribution in [0.5, 0.6) is 17.2 Å². The van der Waals surface area contributed by atoms with E-state index in [1.54, 1.807) is 7.11 Å². The van der Waals surface area contributed by atoms with E-state index in [1.165, 1.54) is 0 Å². The van der Waals surface area contributed by atoms with Gasteiger partial charge < -0.3 is 14.4 Å². The van der Waals surface area contributed by atoms with Crippen LogP contribution in [-0.2, 0) is 0 Å². The van der Waals surface area contributed by atoms with Crippen molar-refractivity contribution >= 4 is 43.9 Å². The molecule has 1 aliphatic rings. The zero-order chi connectivity index (χ0) is 26.3. The van der Waals surface area contributed by atoms with Gasteiger partial charge in [-0.25, -0.2) is 4.98 Å². The first kappa shape index (κ1) is 23.5. The second kappa shape index (κ2) is 9.61. The highest BCUT2D eigenvalue weighted by Crippen LogP contribution is 2.51. The lowest BCUT2D eigenvalue weighted by molar-refractivity contribution is 0.415. The van der Waals surface area contributed by atoms with Crippen LogP contribution in [0.2, 0.25) is 0 Å². The Labute approximate surface area is 235 Å². The third-order valence-corrected chi connectivity index (χ3v) is 7.56. The van der Waals surface area contributed by atoms with Crippen molar-refractivity contribution in [2.75, 3.05) is 12.0 Å². The van der Waals surface area contributed by atoms with Gasteiger partial charge in [-0.3, -0.25) is 0 Å². The molecule has 188 valence electrons. The van der Waals surface area contributed by atoms with Crippen molar-refractivity contribution in [3.8, 4) is 39.6 Å². The average Bonchev–Trinajstić information content (AvgIpc) is 2.99. The Morgan fingerprint density at radius 3 is 1.95 bits per heavy atom. The first-order chi connectivity index (χ1) is 19.2. The maximum atomic E-state index is 6.28. The molecule has 0 saturated heterocycles. The number of benzene rings is 5. The molecule has 6 aromatic rings. The highest BCUT2D eigenvalue weighted by Gasteiger charge is 2.27. The smallest absolute Gasteiger partial charge is 0.151 e. The fraction of sp³-hybridized carbons (Fsp3) is 0.0294. The molecule has 39 heavy (non-hydrogen) atoms. The lowest BCUT2D eigenvalue weighted by Gasteiger charge is -2.33. The Hall–Kier alpha value is -4.61. The van der Waals surface area contributed by atoms with Gasteiger partial charge in [0.15, 0.2) is 11.5 Å². The summed E-state index contributed by atoms with van der Waals surface area (Å²) in [5.74, 6) is 2.45. The van der Waals surface area contributed by atoms with Gasteiger partial charge in [0.25, 0.3) is 0 Å². The summed E-state index contributed by atoms with van der Waals surface area (Å²) in [5, 5.41) is 1.07. The Bertz CT molecular complexity index is 1790. The number of ether oxygens (including phenoxy) is 2. The average molecular weight is 571 g/mol. The van der Waals surface area contributed by atoms with E-state index >= 15 is 0 Å². The van der Waals surface area contributed by atoms with Crippen LogP contribution in [0.4, 0.5) is 17.1 Å². The van der Waals surface area contributed by atoms with Crippen molar-refractivity contribution in [2.24, 2.45) is 0 Å².